The highest BCUT2D eigenvalue weighted by molar-refractivity contribution is 6.31. The molecule has 0 saturated carbocycles. The lowest BCUT2D eigenvalue weighted by Gasteiger charge is -2.14. The average molecular weight is 373 g/mol. The number of carbonyl (C=O) groups excluding carboxylic acids is 2. The van der Waals surface area contributed by atoms with E-state index in [-0.39, 0.29) is 6.61 Å². The van der Waals surface area contributed by atoms with Crippen molar-refractivity contribution in [3.63, 3.8) is 0 Å². The molecule has 0 fully saturated rings. The lowest BCUT2D eigenvalue weighted by atomic mass is 10.2. The van der Waals surface area contributed by atoms with Crippen molar-refractivity contribution < 1.29 is 19.1 Å². The third-order valence-electron chi connectivity index (χ3n) is 3.45. The standard InChI is InChI=1S/C19H17ClN2O4/c1-12-9-16(7-8-17(12)20)25-11-18(23)26-13(2)19(24)22-15-5-3-14(10-21)4-6-15/h3-9,13H,11H2,1-2H3,(H,22,24). The predicted molar refractivity (Wildman–Crippen MR) is 97.0 cm³/mol. The van der Waals surface area contributed by atoms with Crippen molar-refractivity contribution in [3.8, 4) is 11.8 Å². The van der Waals surface area contributed by atoms with E-state index in [2.05, 4.69) is 5.32 Å². The van der Waals surface area contributed by atoms with Crippen molar-refractivity contribution in [2.45, 2.75) is 20.0 Å². The molecule has 0 radical (unpaired) electrons. The minimum atomic E-state index is -0.992. The van der Waals surface area contributed by atoms with E-state index in [1.165, 1.54) is 6.92 Å². The van der Waals surface area contributed by atoms with Crippen LogP contribution in [0, 0.1) is 18.3 Å². The van der Waals surface area contributed by atoms with Gasteiger partial charge in [-0.3, -0.25) is 4.79 Å². The molecule has 1 unspecified atom stereocenters. The van der Waals surface area contributed by atoms with E-state index in [1.807, 2.05) is 13.0 Å². The molecule has 1 atom stereocenters. The fourth-order valence-electron chi connectivity index (χ4n) is 2.01. The summed E-state index contributed by atoms with van der Waals surface area (Å²) in [7, 11) is 0. The summed E-state index contributed by atoms with van der Waals surface area (Å²) in [5.74, 6) is -0.663. The summed E-state index contributed by atoms with van der Waals surface area (Å²) < 4.78 is 10.4. The maximum atomic E-state index is 12.0. The van der Waals surface area contributed by atoms with Crippen molar-refractivity contribution in [2.75, 3.05) is 11.9 Å². The average Bonchev–Trinajstić information content (AvgIpc) is 2.63. The molecule has 134 valence electrons. The van der Waals surface area contributed by atoms with Gasteiger partial charge in [0.15, 0.2) is 12.7 Å². The summed E-state index contributed by atoms with van der Waals surface area (Å²) in [6.45, 7) is 2.96. The molecule has 2 rings (SSSR count). The highest BCUT2D eigenvalue weighted by Gasteiger charge is 2.18. The Morgan fingerprint density at radius 3 is 2.54 bits per heavy atom. The largest absolute Gasteiger partial charge is 0.482 e. The van der Waals surface area contributed by atoms with Crippen LogP contribution < -0.4 is 10.1 Å². The van der Waals surface area contributed by atoms with Gasteiger partial charge in [0.1, 0.15) is 5.75 Å². The molecule has 2 aromatic carbocycles. The maximum Gasteiger partial charge on any atom is 0.344 e. The molecule has 26 heavy (non-hydrogen) atoms. The molecule has 1 N–H and O–H groups in total. The van der Waals surface area contributed by atoms with Crippen molar-refractivity contribution in [1.82, 2.24) is 0 Å². The normalized spacial score (nSPS) is 11.2. The molecule has 0 aliphatic rings. The van der Waals surface area contributed by atoms with Gasteiger partial charge < -0.3 is 14.8 Å². The van der Waals surface area contributed by atoms with Crippen molar-refractivity contribution in [2.24, 2.45) is 0 Å². The molecule has 6 nitrogen and oxygen atoms in total. The Morgan fingerprint density at radius 2 is 1.92 bits per heavy atom. The van der Waals surface area contributed by atoms with Crippen LogP contribution >= 0.6 is 11.6 Å². The van der Waals surface area contributed by atoms with Gasteiger partial charge in [-0.2, -0.15) is 5.26 Å². The van der Waals surface area contributed by atoms with Crippen molar-refractivity contribution in [1.29, 1.82) is 5.26 Å². The van der Waals surface area contributed by atoms with Gasteiger partial charge in [0.2, 0.25) is 0 Å². The monoisotopic (exact) mass is 372 g/mol. The minimum absolute atomic E-state index is 0.324. The van der Waals surface area contributed by atoms with Gasteiger partial charge in [-0.1, -0.05) is 11.6 Å². The Kier molecular flexibility index (Phi) is 6.59. The van der Waals surface area contributed by atoms with E-state index >= 15 is 0 Å². The second kappa shape index (κ2) is 8.88. The Morgan fingerprint density at radius 1 is 1.23 bits per heavy atom. The molecule has 0 bridgehead atoms. The number of aryl methyl sites for hydroxylation is 1. The van der Waals surface area contributed by atoms with Crippen molar-refractivity contribution in [3.05, 3.63) is 58.6 Å². The van der Waals surface area contributed by atoms with E-state index in [0.29, 0.717) is 22.0 Å². The minimum Gasteiger partial charge on any atom is -0.482 e. The Bertz CT molecular complexity index is 844. The number of halogens is 1. The number of nitriles is 1. The SMILES string of the molecule is Cc1cc(OCC(=O)OC(C)C(=O)Nc2ccc(C#N)cc2)ccc1Cl. The van der Waals surface area contributed by atoms with Crippen LogP contribution in [0.1, 0.15) is 18.1 Å². The number of hydrogen-bond acceptors (Lipinski definition) is 5. The second-order valence-corrected chi connectivity index (χ2v) is 5.92. The molecule has 1 amide bonds. The first kappa shape index (κ1) is 19.3. The fraction of sp³-hybridized carbons (Fsp3) is 0.211. The number of nitrogens with zero attached hydrogens (tertiary/aromatic N) is 1. The molecule has 2 aromatic rings. The molecule has 7 heteroatoms. The Balaban J connectivity index is 1.82. The molecule has 0 spiro atoms. The topological polar surface area (TPSA) is 88.4 Å². The van der Waals surface area contributed by atoms with Crippen LogP contribution in [-0.2, 0) is 14.3 Å². The quantitative estimate of drug-likeness (QED) is 0.784. The van der Waals surface area contributed by atoms with Gasteiger partial charge in [-0.05, 0) is 61.9 Å². The van der Waals surface area contributed by atoms with E-state index in [9.17, 15) is 9.59 Å². The van der Waals surface area contributed by atoms with E-state index in [1.54, 1.807) is 42.5 Å². The molecule has 0 heterocycles. The zero-order valence-corrected chi connectivity index (χ0v) is 15.0. The van der Waals surface area contributed by atoms with Crippen LogP contribution in [0.4, 0.5) is 5.69 Å². The first-order chi connectivity index (χ1) is 12.4. The number of carbonyl (C=O) groups is 2. The van der Waals surface area contributed by atoms with Gasteiger partial charge in [0, 0.05) is 10.7 Å². The molecular weight excluding hydrogens is 356 g/mol. The van der Waals surface area contributed by atoms with Gasteiger partial charge in [-0.15, -0.1) is 0 Å². The third kappa shape index (κ3) is 5.50. The van der Waals surface area contributed by atoms with Crippen LogP contribution in [0.3, 0.4) is 0 Å². The molecule has 0 saturated heterocycles. The summed E-state index contributed by atoms with van der Waals surface area (Å²) in [6.07, 6.45) is -0.992. The number of anilines is 1. The molecule has 0 aromatic heterocycles. The van der Waals surface area contributed by atoms with Crippen LogP contribution in [0.25, 0.3) is 0 Å². The number of amides is 1. The van der Waals surface area contributed by atoms with Crippen LogP contribution in [0.15, 0.2) is 42.5 Å². The van der Waals surface area contributed by atoms with Crippen LogP contribution in [0.5, 0.6) is 5.75 Å². The highest BCUT2D eigenvalue weighted by atomic mass is 35.5. The second-order valence-electron chi connectivity index (χ2n) is 5.51. The molecule has 0 aliphatic heterocycles. The number of nitrogens with one attached hydrogen (secondary N) is 1. The zero-order chi connectivity index (χ0) is 19.1. The van der Waals surface area contributed by atoms with Gasteiger partial charge >= 0.3 is 5.97 Å². The Hall–Kier alpha value is -3.04. The maximum absolute atomic E-state index is 12.0. The first-order valence-electron chi connectivity index (χ1n) is 7.78. The smallest absolute Gasteiger partial charge is 0.344 e. The fourth-order valence-corrected chi connectivity index (χ4v) is 2.12. The number of esters is 1. The highest BCUT2D eigenvalue weighted by Crippen LogP contribution is 2.21. The Labute approximate surface area is 156 Å². The lowest BCUT2D eigenvalue weighted by Crippen LogP contribution is -2.31. The molecular formula is C19H17ClN2O4. The summed E-state index contributed by atoms with van der Waals surface area (Å²) >= 11 is 5.92. The lowest BCUT2D eigenvalue weighted by molar-refractivity contribution is -0.155. The van der Waals surface area contributed by atoms with E-state index in [4.69, 9.17) is 26.3 Å². The third-order valence-corrected chi connectivity index (χ3v) is 3.87. The zero-order valence-electron chi connectivity index (χ0n) is 14.3. The van der Waals surface area contributed by atoms with Gasteiger partial charge in [0.05, 0.1) is 11.6 Å². The summed E-state index contributed by atoms with van der Waals surface area (Å²) in [5.41, 5.74) is 1.81. The predicted octanol–water partition coefficient (Wildman–Crippen LogP) is 3.47. The van der Waals surface area contributed by atoms with E-state index < -0.39 is 18.0 Å². The number of rotatable bonds is 6. The number of ether oxygens (including phenoxy) is 2. The van der Waals surface area contributed by atoms with E-state index in [0.717, 1.165) is 5.56 Å². The van der Waals surface area contributed by atoms with Gasteiger partial charge in [0.25, 0.3) is 5.91 Å². The van der Waals surface area contributed by atoms with Crippen LogP contribution in [0.2, 0.25) is 5.02 Å². The summed E-state index contributed by atoms with van der Waals surface area (Å²) in [5, 5.41) is 12.0. The summed E-state index contributed by atoms with van der Waals surface area (Å²) in [4.78, 5) is 23.9. The number of benzene rings is 2. The van der Waals surface area contributed by atoms with Crippen molar-refractivity contribution >= 4 is 29.2 Å². The first-order valence-corrected chi connectivity index (χ1v) is 8.16. The summed E-state index contributed by atoms with van der Waals surface area (Å²) in [6, 6.07) is 13.4. The number of hydrogen-bond donors (Lipinski definition) is 1. The molecule has 0 aliphatic carbocycles. The van der Waals surface area contributed by atoms with Gasteiger partial charge in [-0.25, -0.2) is 4.79 Å². The van der Waals surface area contributed by atoms with Crippen LogP contribution in [-0.4, -0.2) is 24.6 Å².